The predicted octanol–water partition coefficient (Wildman–Crippen LogP) is 0.521. The number of aliphatic hydroxyl groups excluding tert-OH is 1. The van der Waals surface area contributed by atoms with Crippen molar-refractivity contribution < 1.29 is 24.9 Å². The Bertz CT molecular complexity index is 490. The Morgan fingerprint density at radius 1 is 1.20 bits per heavy atom. The van der Waals surface area contributed by atoms with Gasteiger partial charge in [-0.05, 0) is 32.3 Å². The van der Waals surface area contributed by atoms with Crippen molar-refractivity contribution in [3.05, 3.63) is 11.1 Å². The zero-order chi connectivity index (χ0) is 14.9. The molecule has 1 heterocycles. The van der Waals surface area contributed by atoms with E-state index >= 15 is 0 Å². The molecule has 5 nitrogen and oxygen atoms in total. The van der Waals surface area contributed by atoms with Gasteiger partial charge in [0.1, 0.15) is 6.10 Å². The number of fused-ring (bicyclic) bond motifs is 2. The second kappa shape index (κ2) is 4.06. The molecule has 112 valence electrons. The van der Waals surface area contributed by atoms with Gasteiger partial charge < -0.3 is 20.1 Å². The predicted molar refractivity (Wildman–Crippen MR) is 70.7 cm³/mol. The van der Waals surface area contributed by atoms with E-state index in [1.165, 1.54) is 0 Å². The molecule has 6 atom stereocenters. The number of ether oxygens (including phenoxy) is 1. The van der Waals surface area contributed by atoms with E-state index in [4.69, 9.17) is 4.74 Å². The number of carbonyl (C=O) groups is 1. The van der Waals surface area contributed by atoms with E-state index in [0.717, 1.165) is 0 Å². The Labute approximate surface area is 118 Å². The van der Waals surface area contributed by atoms with Crippen molar-refractivity contribution in [2.75, 3.05) is 0 Å². The molecule has 0 aromatic heterocycles. The minimum absolute atomic E-state index is 0.0433. The average Bonchev–Trinajstić information content (AvgIpc) is 2.66. The average molecular weight is 282 g/mol. The Balaban J connectivity index is 2.16. The fourth-order valence-corrected chi connectivity index (χ4v) is 4.18. The highest BCUT2D eigenvalue weighted by atomic mass is 16.6. The van der Waals surface area contributed by atoms with Gasteiger partial charge in [-0.3, -0.25) is 4.79 Å². The molecule has 0 spiro atoms. The van der Waals surface area contributed by atoms with Crippen molar-refractivity contribution in [1.29, 1.82) is 0 Å². The van der Waals surface area contributed by atoms with Crippen LogP contribution >= 0.6 is 0 Å². The molecule has 3 N–H and O–H groups in total. The largest absolute Gasteiger partial charge is 0.457 e. The van der Waals surface area contributed by atoms with Gasteiger partial charge in [0, 0.05) is 17.9 Å². The van der Waals surface area contributed by atoms with Gasteiger partial charge >= 0.3 is 5.97 Å². The third kappa shape index (κ3) is 1.76. The molecule has 0 radical (unpaired) electrons. The number of hydrogen-bond acceptors (Lipinski definition) is 5. The van der Waals surface area contributed by atoms with Crippen LogP contribution in [-0.4, -0.2) is 44.7 Å². The molecule has 0 unspecified atom stereocenters. The first kappa shape index (κ1) is 14.0. The first-order valence-corrected chi connectivity index (χ1v) is 7.23. The van der Waals surface area contributed by atoms with Crippen LogP contribution in [0.3, 0.4) is 0 Å². The van der Waals surface area contributed by atoms with Gasteiger partial charge in [0.15, 0.2) is 0 Å². The first-order chi connectivity index (χ1) is 9.15. The quantitative estimate of drug-likeness (QED) is 0.445. The van der Waals surface area contributed by atoms with E-state index in [1.807, 2.05) is 6.92 Å². The maximum Gasteiger partial charge on any atom is 0.309 e. The summed E-state index contributed by atoms with van der Waals surface area (Å²) in [4.78, 5) is 11.8. The van der Waals surface area contributed by atoms with Crippen LogP contribution in [0.5, 0.6) is 0 Å². The smallest absolute Gasteiger partial charge is 0.309 e. The molecule has 20 heavy (non-hydrogen) atoms. The molecular weight excluding hydrogens is 260 g/mol. The summed E-state index contributed by atoms with van der Waals surface area (Å²) in [7, 11) is 0. The van der Waals surface area contributed by atoms with Crippen LogP contribution in [0.4, 0.5) is 0 Å². The van der Waals surface area contributed by atoms with Gasteiger partial charge in [0.2, 0.25) is 0 Å². The number of esters is 1. The van der Waals surface area contributed by atoms with Crippen molar-refractivity contribution in [3.8, 4) is 0 Å². The van der Waals surface area contributed by atoms with Gasteiger partial charge in [-0.1, -0.05) is 6.92 Å². The van der Waals surface area contributed by atoms with Crippen LogP contribution in [0.25, 0.3) is 0 Å². The van der Waals surface area contributed by atoms with Gasteiger partial charge in [-0.2, -0.15) is 0 Å². The molecule has 0 bridgehead atoms. The summed E-state index contributed by atoms with van der Waals surface area (Å²) < 4.78 is 5.47. The summed E-state index contributed by atoms with van der Waals surface area (Å²) in [5, 5.41) is 31.5. The second-order valence-electron chi connectivity index (χ2n) is 6.94. The summed E-state index contributed by atoms with van der Waals surface area (Å²) in [6.45, 7) is 5.11. The second-order valence-corrected chi connectivity index (χ2v) is 6.94. The molecular formula is C15H22O5. The fourth-order valence-electron chi connectivity index (χ4n) is 4.18. The molecule has 3 rings (SSSR count). The number of hydrogen-bond donors (Lipinski definition) is 3. The van der Waals surface area contributed by atoms with Crippen LogP contribution in [0, 0.1) is 11.8 Å². The van der Waals surface area contributed by atoms with E-state index in [9.17, 15) is 20.1 Å². The number of carbonyl (C=O) groups excluding carboxylic acids is 1. The van der Waals surface area contributed by atoms with Gasteiger partial charge in [0.25, 0.3) is 0 Å². The van der Waals surface area contributed by atoms with Crippen molar-refractivity contribution >= 4 is 5.97 Å². The molecule has 2 aliphatic carbocycles. The highest BCUT2D eigenvalue weighted by Crippen LogP contribution is 2.52. The molecule has 1 aliphatic heterocycles. The summed E-state index contributed by atoms with van der Waals surface area (Å²) in [5.74, 6) is -0.542. The minimum Gasteiger partial charge on any atom is -0.457 e. The van der Waals surface area contributed by atoms with Crippen LogP contribution in [0.15, 0.2) is 11.1 Å². The molecule has 3 aliphatic rings. The minimum atomic E-state index is -1.24. The standard InChI is InChI=1S/C15H22O5/c1-7-8-4-5-14(2,18)10-9(16)6-15(3,19)11(10)12(8)20-13(7)17/h7-9,12,16,18-19H,4-6H2,1-3H3/t7-,8-,9+,12-,14-,15-/m0/s1. The number of rotatable bonds is 0. The Morgan fingerprint density at radius 2 is 1.85 bits per heavy atom. The summed E-state index contributed by atoms with van der Waals surface area (Å²) in [6, 6.07) is 0. The monoisotopic (exact) mass is 282 g/mol. The van der Waals surface area contributed by atoms with E-state index in [2.05, 4.69) is 0 Å². The van der Waals surface area contributed by atoms with Crippen LogP contribution in [0.2, 0.25) is 0 Å². The van der Waals surface area contributed by atoms with Crippen LogP contribution in [0.1, 0.15) is 40.0 Å². The molecule has 5 heteroatoms. The Kier molecular flexibility index (Phi) is 2.85. The lowest BCUT2D eigenvalue weighted by molar-refractivity contribution is -0.143. The highest BCUT2D eigenvalue weighted by molar-refractivity contribution is 5.76. The highest BCUT2D eigenvalue weighted by Gasteiger charge is 2.57. The third-order valence-corrected chi connectivity index (χ3v) is 5.27. The molecule has 0 saturated carbocycles. The zero-order valence-electron chi connectivity index (χ0n) is 12.1. The lowest BCUT2D eigenvalue weighted by Gasteiger charge is -2.28. The number of aliphatic hydroxyl groups is 3. The first-order valence-electron chi connectivity index (χ1n) is 7.23. The topological polar surface area (TPSA) is 87.0 Å². The lowest BCUT2D eigenvalue weighted by atomic mass is 9.82. The van der Waals surface area contributed by atoms with Crippen molar-refractivity contribution in [3.63, 3.8) is 0 Å². The molecule has 1 fully saturated rings. The molecule has 1 saturated heterocycles. The van der Waals surface area contributed by atoms with Gasteiger partial charge in [-0.15, -0.1) is 0 Å². The van der Waals surface area contributed by atoms with Crippen LogP contribution < -0.4 is 0 Å². The Morgan fingerprint density at radius 3 is 2.50 bits per heavy atom. The van der Waals surface area contributed by atoms with Gasteiger partial charge in [0.05, 0.1) is 23.2 Å². The lowest BCUT2D eigenvalue weighted by Crippen LogP contribution is -2.34. The summed E-state index contributed by atoms with van der Waals surface area (Å²) >= 11 is 0. The van der Waals surface area contributed by atoms with Crippen molar-refractivity contribution in [2.24, 2.45) is 11.8 Å². The maximum atomic E-state index is 11.8. The maximum absolute atomic E-state index is 11.8. The van der Waals surface area contributed by atoms with Crippen LogP contribution in [-0.2, 0) is 9.53 Å². The van der Waals surface area contributed by atoms with E-state index in [-0.39, 0.29) is 24.2 Å². The molecule has 0 aromatic rings. The molecule has 0 aromatic carbocycles. The molecule has 0 amide bonds. The van der Waals surface area contributed by atoms with E-state index in [1.54, 1.807) is 13.8 Å². The fraction of sp³-hybridized carbons (Fsp3) is 0.800. The normalized spacial score (nSPS) is 51.6. The SMILES string of the molecule is C[C@@H]1C(=O)O[C@@H]2C3=C([C@H](O)C[C@]3(C)O)[C@@](C)(O)CC[C@@H]12. The van der Waals surface area contributed by atoms with Gasteiger partial charge in [-0.25, -0.2) is 0 Å². The Hall–Kier alpha value is -0.910. The summed E-state index contributed by atoms with van der Waals surface area (Å²) in [6.07, 6.45) is -0.165. The van der Waals surface area contributed by atoms with Crippen molar-refractivity contribution in [1.82, 2.24) is 0 Å². The summed E-state index contributed by atoms with van der Waals surface area (Å²) in [5.41, 5.74) is -1.42. The van der Waals surface area contributed by atoms with E-state index < -0.39 is 23.4 Å². The third-order valence-electron chi connectivity index (χ3n) is 5.27. The zero-order valence-corrected chi connectivity index (χ0v) is 12.1. The van der Waals surface area contributed by atoms with Crippen molar-refractivity contribution in [2.45, 2.75) is 63.4 Å². The van der Waals surface area contributed by atoms with E-state index in [0.29, 0.717) is 24.0 Å².